The van der Waals surface area contributed by atoms with Crippen molar-refractivity contribution in [3.63, 3.8) is 0 Å². The molecule has 2 heterocycles. The van der Waals surface area contributed by atoms with Crippen LogP contribution in [-0.2, 0) is 22.6 Å². The summed E-state index contributed by atoms with van der Waals surface area (Å²) in [6.45, 7) is 7.60. The maximum absolute atomic E-state index is 12.5. The molecule has 2 aromatic rings. The lowest BCUT2D eigenvalue weighted by Gasteiger charge is -2.16. The molecule has 0 radical (unpaired) electrons. The number of aromatic nitrogens is 2. The first-order chi connectivity index (χ1) is 14.4. The van der Waals surface area contributed by atoms with Gasteiger partial charge in [-0.2, -0.15) is 0 Å². The van der Waals surface area contributed by atoms with Gasteiger partial charge in [-0.15, -0.1) is 0 Å². The van der Waals surface area contributed by atoms with Gasteiger partial charge in [0.1, 0.15) is 11.6 Å². The van der Waals surface area contributed by atoms with E-state index in [1.165, 1.54) is 0 Å². The maximum Gasteiger partial charge on any atom is 0.224 e. The van der Waals surface area contributed by atoms with E-state index in [2.05, 4.69) is 15.3 Å². The largest absolute Gasteiger partial charge is 0.497 e. The van der Waals surface area contributed by atoms with Crippen LogP contribution in [0.2, 0.25) is 0 Å². The second-order valence-corrected chi connectivity index (χ2v) is 7.72. The van der Waals surface area contributed by atoms with E-state index in [1.54, 1.807) is 7.11 Å². The van der Waals surface area contributed by atoms with E-state index in [0.717, 1.165) is 47.1 Å². The van der Waals surface area contributed by atoms with Crippen LogP contribution >= 0.6 is 0 Å². The number of aryl methyl sites for hydroxylation is 2. The van der Waals surface area contributed by atoms with Crippen LogP contribution in [0.5, 0.6) is 5.75 Å². The van der Waals surface area contributed by atoms with Gasteiger partial charge in [0, 0.05) is 48.9 Å². The smallest absolute Gasteiger partial charge is 0.224 e. The van der Waals surface area contributed by atoms with E-state index < -0.39 is 0 Å². The zero-order valence-corrected chi connectivity index (χ0v) is 18.2. The van der Waals surface area contributed by atoms with Crippen molar-refractivity contribution in [2.75, 3.05) is 20.2 Å². The van der Waals surface area contributed by atoms with Gasteiger partial charge < -0.3 is 15.0 Å². The molecule has 7 nitrogen and oxygen atoms in total. The molecule has 1 saturated heterocycles. The molecular formula is C23H30N4O3. The summed E-state index contributed by atoms with van der Waals surface area (Å²) in [7, 11) is 1.62. The van der Waals surface area contributed by atoms with Crippen molar-refractivity contribution in [3.05, 3.63) is 52.6 Å². The first-order valence-corrected chi connectivity index (χ1v) is 10.4. The predicted octanol–water partition coefficient (Wildman–Crippen LogP) is 2.69. The molecule has 0 saturated carbocycles. The monoisotopic (exact) mass is 410 g/mol. The normalized spacial score (nSPS) is 15.9. The Morgan fingerprint density at radius 2 is 1.97 bits per heavy atom. The molecule has 3 rings (SSSR count). The van der Waals surface area contributed by atoms with Gasteiger partial charge in [-0.3, -0.25) is 9.59 Å². The summed E-state index contributed by atoms with van der Waals surface area (Å²) in [5.74, 6) is 1.81. The fourth-order valence-corrected chi connectivity index (χ4v) is 3.83. The molecule has 1 aromatic heterocycles. The fourth-order valence-electron chi connectivity index (χ4n) is 3.83. The van der Waals surface area contributed by atoms with E-state index in [9.17, 15) is 9.59 Å². The number of hydrogen-bond acceptors (Lipinski definition) is 5. The molecule has 1 N–H and O–H groups in total. The van der Waals surface area contributed by atoms with Crippen LogP contribution in [0.4, 0.5) is 0 Å². The number of carbonyl (C=O) groups is 2. The Balaban J connectivity index is 1.62. The first-order valence-electron chi connectivity index (χ1n) is 10.4. The summed E-state index contributed by atoms with van der Waals surface area (Å²) < 4.78 is 5.22. The number of carbonyl (C=O) groups excluding carboxylic acids is 2. The average molecular weight is 411 g/mol. The quantitative estimate of drug-likeness (QED) is 0.759. The molecule has 30 heavy (non-hydrogen) atoms. The van der Waals surface area contributed by atoms with Crippen LogP contribution < -0.4 is 10.1 Å². The average Bonchev–Trinajstić information content (AvgIpc) is 3.24. The Morgan fingerprint density at radius 3 is 2.63 bits per heavy atom. The molecule has 2 amide bonds. The van der Waals surface area contributed by atoms with Crippen molar-refractivity contribution < 1.29 is 14.3 Å². The number of nitrogens with one attached hydrogen (secondary N) is 1. The van der Waals surface area contributed by atoms with E-state index in [-0.39, 0.29) is 24.2 Å². The molecule has 1 atom stereocenters. The Kier molecular flexibility index (Phi) is 7.03. The topological polar surface area (TPSA) is 84.4 Å². The van der Waals surface area contributed by atoms with Gasteiger partial charge in [-0.25, -0.2) is 9.97 Å². The minimum absolute atomic E-state index is 0.0686. The maximum atomic E-state index is 12.5. The van der Waals surface area contributed by atoms with Crippen LogP contribution in [0.25, 0.3) is 0 Å². The van der Waals surface area contributed by atoms with Gasteiger partial charge in [-0.05, 0) is 38.0 Å². The highest BCUT2D eigenvalue weighted by molar-refractivity contribution is 5.79. The molecule has 0 bridgehead atoms. The number of ether oxygens (including phenoxy) is 1. The summed E-state index contributed by atoms with van der Waals surface area (Å²) in [5.41, 5.74) is 3.50. The zero-order chi connectivity index (χ0) is 21.7. The minimum Gasteiger partial charge on any atom is -0.497 e. The summed E-state index contributed by atoms with van der Waals surface area (Å²) in [6, 6.07) is 7.63. The van der Waals surface area contributed by atoms with Gasteiger partial charge in [0.25, 0.3) is 0 Å². The molecule has 1 aliphatic heterocycles. The molecule has 7 heteroatoms. The summed E-state index contributed by atoms with van der Waals surface area (Å²) >= 11 is 0. The standard InChI is InChI=1S/C23H30N4O3/c1-5-22(29)27-10-9-18(14-27)23-25-15(2)20(16(3)26-23)12-21(28)24-13-17-7-6-8-19(11-17)30-4/h6-8,11,18H,5,9-10,12-14H2,1-4H3,(H,24,28)/t18-/m1/s1. The van der Waals surface area contributed by atoms with Gasteiger partial charge >= 0.3 is 0 Å². The summed E-state index contributed by atoms with van der Waals surface area (Å²) in [6.07, 6.45) is 1.65. The number of likely N-dealkylation sites (tertiary alicyclic amines) is 1. The fraction of sp³-hybridized carbons (Fsp3) is 0.478. The van der Waals surface area contributed by atoms with Gasteiger partial charge in [0.05, 0.1) is 13.5 Å². The van der Waals surface area contributed by atoms with Crippen molar-refractivity contribution in [2.45, 2.75) is 52.5 Å². The lowest BCUT2D eigenvalue weighted by Crippen LogP contribution is -2.28. The number of rotatable bonds is 7. The van der Waals surface area contributed by atoms with Crippen LogP contribution in [0.1, 0.15) is 54.0 Å². The lowest BCUT2D eigenvalue weighted by molar-refractivity contribution is -0.129. The Bertz CT molecular complexity index is 905. The lowest BCUT2D eigenvalue weighted by atomic mass is 10.0. The van der Waals surface area contributed by atoms with Crippen LogP contribution in [-0.4, -0.2) is 46.9 Å². The van der Waals surface area contributed by atoms with Gasteiger partial charge in [0.15, 0.2) is 0 Å². The molecule has 1 aliphatic rings. The van der Waals surface area contributed by atoms with E-state index in [0.29, 0.717) is 19.5 Å². The van der Waals surface area contributed by atoms with Crippen molar-refractivity contribution >= 4 is 11.8 Å². The minimum atomic E-state index is -0.0686. The number of nitrogens with zero attached hydrogens (tertiary/aromatic N) is 3. The van der Waals surface area contributed by atoms with Crippen LogP contribution in [0.3, 0.4) is 0 Å². The third-order valence-corrected chi connectivity index (χ3v) is 5.61. The number of amides is 2. The molecule has 0 aliphatic carbocycles. The molecule has 1 fully saturated rings. The first kappa shape index (κ1) is 21.7. The van der Waals surface area contributed by atoms with E-state index >= 15 is 0 Å². The highest BCUT2D eigenvalue weighted by atomic mass is 16.5. The van der Waals surface area contributed by atoms with Crippen molar-refractivity contribution in [1.82, 2.24) is 20.2 Å². The van der Waals surface area contributed by atoms with Crippen LogP contribution in [0, 0.1) is 13.8 Å². The molecule has 1 aromatic carbocycles. The van der Waals surface area contributed by atoms with Gasteiger partial charge in [-0.1, -0.05) is 19.1 Å². The summed E-state index contributed by atoms with van der Waals surface area (Å²) in [4.78, 5) is 35.7. The van der Waals surface area contributed by atoms with Gasteiger partial charge in [0.2, 0.25) is 11.8 Å². The molecule has 0 spiro atoms. The van der Waals surface area contributed by atoms with Crippen LogP contribution in [0.15, 0.2) is 24.3 Å². The second kappa shape index (κ2) is 9.69. The number of benzene rings is 1. The second-order valence-electron chi connectivity index (χ2n) is 7.72. The Hall–Kier alpha value is -2.96. The predicted molar refractivity (Wildman–Crippen MR) is 114 cm³/mol. The van der Waals surface area contributed by atoms with Crippen molar-refractivity contribution in [1.29, 1.82) is 0 Å². The molecular weight excluding hydrogens is 380 g/mol. The third-order valence-electron chi connectivity index (χ3n) is 5.61. The van der Waals surface area contributed by atoms with E-state index in [1.807, 2.05) is 49.9 Å². The summed E-state index contributed by atoms with van der Waals surface area (Å²) in [5, 5.41) is 2.95. The zero-order valence-electron chi connectivity index (χ0n) is 18.2. The molecule has 160 valence electrons. The SMILES string of the molecule is CCC(=O)N1CC[C@@H](c2nc(C)c(CC(=O)NCc3cccc(OC)c3)c(C)n2)C1. The Morgan fingerprint density at radius 1 is 1.23 bits per heavy atom. The number of hydrogen-bond donors (Lipinski definition) is 1. The number of methoxy groups -OCH3 is 1. The molecule has 0 unspecified atom stereocenters. The van der Waals surface area contributed by atoms with E-state index in [4.69, 9.17) is 4.74 Å². The Labute approximate surface area is 177 Å². The van der Waals surface area contributed by atoms with Crippen molar-refractivity contribution in [3.8, 4) is 5.75 Å². The van der Waals surface area contributed by atoms with Crippen molar-refractivity contribution in [2.24, 2.45) is 0 Å². The highest BCUT2D eigenvalue weighted by Gasteiger charge is 2.29. The third kappa shape index (κ3) is 5.14. The highest BCUT2D eigenvalue weighted by Crippen LogP contribution is 2.26.